The van der Waals surface area contributed by atoms with E-state index in [0.29, 0.717) is 5.56 Å². The number of nitrogens with zero attached hydrogens (tertiary/aromatic N) is 1. The number of halogens is 1. The number of non-ortho nitro benzene ring substituents is 1. The minimum absolute atomic E-state index is 0.0601. The molecule has 7 nitrogen and oxygen atoms in total. The molecule has 0 saturated heterocycles. The third-order valence-electron chi connectivity index (χ3n) is 3.32. The maximum atomic E-state index is 13.1. The number of nitro benzene ring substituents is 1. The summed E-state index contributed by atoms with van der Waals surface area (Å²) in [6.07, 6.45) is 0.0639. The van der Waals surface area contributed by atoms with Crippen LogP contribution in [0.15, 0.2) is 48.5 Å². The molecule has 0 aliphatic rings. The van der Waals surface area contributed by atoms with Crippen molar-refractivity contribution in [3.63, 3.8) is 0 Å². The zero-order chi connectivity index (χ0) is 17.7. The van der Waals surface area contributed by atoms with Crippen molar-refractivity contribution in [3.05, 3.63) is 75.6 Å². The fourth-order valence-corrected chi connectivity index (χ4v) is 2.08. The minimum atomic E-state index is -1.03. The standard InChI is InChI=1S/C16H14FN3O4/c17-12-3-1-2-11(9-12)16(22)19-14(15(18)21)8-10-4-6-13(7-5-10)20(23)24/h1-7,9,14H,8H2,(H2,18,21)(H,19,22)/t14-/m1/s1. The third kappa shape index (κ3) is 4.35. The summed E-state index contributed by atoms with van der Waals surface area (Å²) in [6, 6.07) is 9.52. The molecule has 0 radical (unpaired) electrons. The molecule has 0 saturated carbocycles. The first-order valence-electron chi connectivity index (χ1n) is 6.96. The molecule has 2 aromatic rings. The van der Waals surface area contributed by atoms with Gasteiger partial charge in [0, 0.05) is 24.1 Å². The first-order chi connectivity index (χ1) is 11.4. The van der Waals surface area contributed by atoms with Crippen LogP contribution in [0.4, 0.5) is 10.1 Å². The van der Waals surface area contributed by atoms with Crippen LogP contribution in [0, 0.1) is 15.9 Å². The smallest absolute Gasteiger partial charge is 0.269 e. The lowest BCUT2D eigenvalue weighted by Crippen LogP contribution is -2.45. The van der Waals surface area contributed by atoms with E-state index < -0.39 is 28.6 Å². The Kier molecular flexibility index (Phi) is 5.20. The summed E-state index contributed by atoms with van der Waals surface area (Å²) in [6.45, 7) is 0. The highest BCUT2D eigenvalue weighted by atomic mass is 19.1. The molecule has 2 rings (SSSR count). The molecule has 0 heterocycles. The Morgan fingerprint density at radius 1 is 1.21 bits per heavy atom. The van der Waals surface area contributed by atoms with Gasteiger partial charge in [0.15, 0.2) is 0 Å². The van der Waals surface area contributed by atoms with Crippen molar-refractivity contribution < 1.29 is 18.9 Å². The van der Waals surface area contributed by atoms with Gasteiger partial charge in [-0.05, 0) is 23.8 Å². The lowest BCUT2D eigenvalue weighted by atomic mass is 10.0. The largest absolute Gasteiger partial charge is 0.368 e. The summed E-state index contributed by atoms with van der Waals surface area (Å²) in [5.41, 5.74) is 5.85. The van der Waals surface area contributed by atoms with Gasteiger partial charge in [0.25, 0.3) is 11.6 Å². The van der Waals surface area contributed by atoms with Crippen molar-refractivity contribution in [2.45, 2.75) is 12.5 Å². The molecule has 0 spiro atoms. The number of benzene rings is 2. The molecule has 3 N–H and O–H groups in total. The predicted molar refractivity (Wildman–Crippen MR) is 83.6 cm³/mol. The van der Waals surface area contributed by atoms with Crippen LogP contribution in [-0.4, -0.2) is 22.8 Å². The quantitative estimate of drug-likeness (QED) is 0.617. The molecule has 1 atom stereocenters. The van der Waals surface area contributed by atoms with Crippen molar-refractivity contribution in [2.24, 2.45) is 5.73 Å². The van der Waals surface area contributed by atoms with Crippen molar-refractivity contribution in [1.82, 2.24) is 5.32 Å². The predicted octanol–water partition coefficient (Wildman–Crippen LogP) is 1.56. The van der Waals surface area contributed by atoms with Crippen LogP contribution >= 0.6 is 0 Å². The normalized spacial score (nSPS) is 11.5. The number of nitrogens with one attached hydrogen (secondary N) is 1. The summed E-state index contributed by atoms with van der Waals surface area (Å²) >= 11 is 0. The molecule has 0 fully saturated rings. The molecule has 2 aromatic carbocycles. The first-order valence-corrected chi connectivity index (χ1v) is 6.96. The molecule has 0 aromatic heterocycles. The number of primary amides is 1. The summed E-state index contributed by atoms with van der Waals surface area (Å²) in [7, 11) is 0. The Bertz CT molecular complexity index is 777. The molecule has 8 heteroatoms. The van der Waals surface area contributed by atoms with Gasteiger partial charge in [-0.25, -0.2) is 4.39 Å². The van der Waals surface area contributed by atoms with Crippen molar-refractivity contribution in [3.8, 4) is 0 Å². The van der Waals surface area contributed by atoms with Gasteiger partial charge in [-0.1, -0.05) is 18.2 Å². The number of nitro groups is 1. The summed E-state index contributed by atoms with van der Waals surface area (Å²) in [4.78, 5) is 33.7. The van der Waals surface area contributed by atoms with Gasteiger partial charge in [-0.3, -0.25) is 19.7 Å². The van der Waals surface area contributed by atoms with E-state index >= 15 is 0 Å². The Morgan fingerprint density at radius 3 is 2.42 bits per heavy atom. The molecular weight excluding hydrogens is 317 g/mol. The van der Waals surface area contributed by atoms with Gasteiger partial charge in [0.2, 0.25) is 5.91 Å². The van der Waals surface area contributed by atoms with Crippen LogP contribution in [0.1, 0.15) is 15.9 Å². The Morgan fingerprint density at radius 2 is 1.88 bits per heavy atom. The fraction of sp³-hybridized carbons (Fsp3) is 0.125. The zero-order valence-electron chi connectivity index (χ0n) is 12.4. The highest BCUT2D eigenvalue weighted by Gasteiger charge is 2.20. The Hall–Kier alpha value is -3.29. The van der Waals surface area contributed by atoms with Crippen LogP contribution in [-0.2, 0) is 11.2 Å². The van der Waals surface area contributed by atoms with E-state index in [1.807, 2.05) is 0 Å². The van der Waals surface area contributed by atoms with E-state index in [4.69, 9.17) is 5.73 Å². The van der Waals surface area contributed by atoms with Gasteiger partial charge in [-0.15, -0.1) is 0 Å². The second-order valence-electron chi connectivity index (χ2n) is 5.07. The number of rotatable bonds is 6. The zero-order valence-corrected chi connectivity index (χ0v) is 12.4. The lowest BCUT2D eigenvalue weighted by molar-refractivity contribution is -0.384. The molecule has 2 amide bonds. The van der Waals surface area contributed by atoms with Crippen LogP contribution in [0.5, 0.6) is 0 Å². The highest BCUT2D eigenvalue weighted by Crippen LogP contribution is 2.13. The van der Waals surface area contributed by atoms with Gasteiger partial charge in [-0.2, -0.15) is 0 Å². The second kappa shape index (κ2) is 7.32. The van der Waals surface area contributed by atoms with E-state index in [1.54, 1.807) is 0 Å². The van der Waals surface area contributed by atoms with Gasteiger partial charge in [0.05, 0.1) is 4.92 Å². The second-order valence-corrected chi connectivity index (χ2v) is 5.07. The topological polar surface area (TPSA) is 115 Å². The summed E-state index contributed by atoms with van der Waals surface area (Å²) < 4.78 is 13.1. The Labute approximate surface area is 136 Å². The van der Waals surface area contributed by atoms with Crippen LogP contribution in [0.25, 0.3) is 0 Å². The van der Waals surface area contributed by atoms with Gasteiger partial charge < -0.3 is 11.1 Å². The van der Waals surface area contributed by atoms with Crippen LogP contribution < -0.4 is 11.1 Å². The van der Waals surface area contributed by atoms with E-state index in [2.05, 4.69) is 5.32 Å². The lowest BCUT2D eigenvalue weighted by Gasteiger charge is -2.15. The molecule has 124 valence electrons. The first kappa shape index (κ1) is 17.1. The molecule has 0 unspecified atom stereocenters. The summed E-state index contributed by atoms with van der Waals surface area (Å²) in [5, 5.41) is 13.0. The monoisotopic (exact) mass is 331 g/mol. The third-order valence-corrected chi connectivity index (χ3v) is 3.32. The number of hydrogen-bond acceptors (Lipinski definition) is 4. The van der Waals surface area contributed by atoms with E-state index in [9.17, 15) is 24.1 Å². The van der Waals surface area contributed by atoms with E-state index in [-0.39, 0.29) is 17.7 Å². The van der Waals surface area contributed by atoms with E-state index in [1.165, 1.54) is 42.5 Å². The van der Waals surface area contributed by atoms with Crippen LogP contribution in [0.3, 0.4) is 0 Å². The SMILES string of the molecule is NC(=O)[C@@H](Cc1ccc([N+](=O)[O-])cc1)NC(=O)c1cccc(F)c1. The number of amides is 2. The number of hydrogen-bond donors (Lipinski definition) is 2. The fourth-order valence-electron chi connectivity index (χ4n) is 2.08. The van der Waals surface area contributed by atoms with Gasteiger partial charge in [0.1, 0.15) is 11.9 Å². The van der Waals surface area contributed by atoms with Crippen molar-refractivity contribution in [2.75, 3.05) is 0 Å². The Balaban J connectivity index is 2.10. The molecule has 0 bridgehead atoms. The number of carbonyl (C=O) groups excluding carboxylic acids is 2. The molecular formula is C16H14FN3O4. The molecule has 0 aliphatic heterocycles. The van der Waals surface area contributed by atoms with Gasteiger partial charge >= 0.3 is 0 Å². The maximum Gasteiger partial charge on any atom is 0.269 e. The van der Waals surface area contributed by atoms with Crippen molar-refractivity contribution in [1.29, 1.82) is 0 Å². The average molecular weight is 331 g/mol. The number of carbonyl (C=O) groups is 2. The van der Waals surface area contributed by atoms with E-state index in [0.717, 1.165) is 6.07 Å². The van der Waals surface area contributed by atoms with Crippen molar-refractivity contribution >= 4 is 17.5 Å². The number of nitrogens with two attached hydrogens (primary N) is 1. The highest BCUT2D eigenvalue weighted by molar-refractivity contribution is 5.97. The average Bonchev–Trinajstić information content (AvgIpc) is 2.54. The molecule has 0 aliphatic carbocycles. The summed E-state index contributed by atoms with van der Waals surface area (Å²) in [5.74, 6) is -1.98. The van der Waals surface area contributed by atoms with Crippen LogP contribution in [0.2, 0.25) is 0 Å². The molecule has 24 heavy (non-hydrogen) atoms. The maximum absolute atomic E-state index is 13.1. The minimum Gasteiger partial charge on any atom is -0.368 e.